The zero-order chi connectivity index (χ0) is 35.5. The van der Waals surface area contributed by atoms with Crippen LogP contribution in [0.4, 0.5) is 0 Å². The third kappa shape index (κ3) is 5.08. The molecule has 0 aliphatic carbocycles. The Morgan fingerprint density at radius 3 is 1.74 bits per heavy atom. The summed E-state index contributed by atoms with van der Waals surface area (Å²) in [5.41, 5.74) is 13.6. The summed E-state index contributed by atoms with van der Waals surface area (Å²) < 4.78 is 2.42. The van der Waals surface area contributed by atoms with Crippen LogP contribution >= 0.6 is 0 Å². The molecule has 1 aromatic heterocycles. The largest absolute Gasteiger partial charge is 0.309 e. The fourth-order valence-corrected chi connectivity index (χ4v) is 8.39. The Kier molecular flexibility index (Phi) is 7.33. The molecule has 10 rings (SSSR count). The summed E-state index contributed by atoms with van der Waals surface area (Å²) in [4.78, 5) is 0. The number of para-hydroxylation sites is 1. The van der Waals surface area contributed by atoms with Gasteiger partial charge in [-0.15, -0.1) is 0 Å². The monoisotopic (exact) mass is 675 g/mol. The normalized spacial score (nSPS) is 12.1. The van der Waals surface area contributed by atoms with Crippen LogP contribution in [-0.4, -0.2) is 4.57 Å². The fraction of sp³-hybridized carbons (Fsp3) is 0.0385. The van der Waals surface area contributed by atoms with E-state index in [1.807, 2.05) is 0 Å². The Labute approximate surface area is 309 Å². The number of rotatable bonds is 5. The van der Waals surface area contributed by atoms with Gasteiger partial charge in [0.05, 0.1) is 11.0 Å². The second-order valence-electron chi connectivity index (χ2n) is 14.1. The Morgan fingerprint density at radius 1 is 0.396 bits per heavy atom. The van der Waals surface area contributed by atoms with Gasteiger partial charge in [-0.3, -0.25) is 0 Å². The standard InChI is InChI=1S/C52H37N/c1-3-34(2)38-25-29-46-48(32-38)52(36-14-5-4-6-15-36)45-19-10-9-18-44(45)51(46)37-23-27-42(28-24-37)53-49-20-12-11-17-43(49)47-33-41(26-30-50(47)53)40-22-21-35-13-7-8-16-39(35)31-40/h3-33H,1-2H3/b34-3+. The van der Waals surface area contributed by atoms with Gasteiger partial charge in [-0.05, 0) is 133 Å². The van der Waals surface area contributed by atoms with Gasteiger partial charge >= 0.3 is 0 Å². The lowest BCUT2D eigenvalue weighted by Gasteiger charge is -2.19. The molecule has 0 N–H and O–H groups in total. The molecular weight excluding hydrogens is 639 g/mol. The molecule has 0 unspecified atom stereocenters. The molecular formula is C52H37N. The summed E-state index contributed by atoms with van der Waals surface area (Å²) >= 11 is 0. The predicted octanol–water partition coefficient (Wildman–Crippen LogP) is 14.7. The van der Waals surface area contributed by atoms with Crippen molar-refractivity contribution in [1.29, 1.82) is 0 Å². The highest BCUT2D eigenvalue weighted by Gasteiger charge is 2.18. The molecule has 10 aromatic rings. The van der Waals surface area contributed by atoms with Gasteiger partial charge in [-0.25, -0.2) is 0 Å². The molecule has 0 aliphatic heterocycles. The van der Waals surface area contributed by atoms with Gasteiger partial charge in [0.2, 0.25) is 0 Å². The second-order valence-corrected chi connectivity index (χ2v) is 14.1. The first kappa shape index (κ1) is 31.1. The summed E-state index contributed by atoms with van der Waals surface area (Å²) in [5, 5.41) is 10.1. The smallest absolute Gasteiger partial charge is 0.0541 e. The van der Waals surface area contributed by atoms with Crippen LogP contribution < -0.4 is 0 Å². The summed E-state index contributed by atoms with van der Waals surface area (Å²) in [7, 11) is 0. The van der Waals surface area contributed by atoms with Crippen molar-refractivity contribution in [3.05, 3.63) is 194 Å². The van der Waals surface area contributed by atoms with Gasteiger partial charge in [-0.2, -0.15) is 0 Å². The molecule has 250 valence electrons. The summed E-state index contributed by atoms with van der Waals surface area (Å²) in [6, 6.07) is 67.1. The molecule has 9 aromatic carbocycles. The van der Waals surface area contributed by atoms with Crippen molar-refractivity contribution in [2.45, 2.75) is 13.8 Å². The van der Waals surface area contributed by atoms with Crippen molar-refractivity contribution in [3.8, 4) is 39.1 Å². The average Bonchev–Trinajstić information content (AvgIpc) is 3.56. The molecule has 0 atom stereocenters. The quantitative estimate of drug-likeness (QED) is 0.160. The topological polar surface area (TPSA) is 4.93 Å². The zero-order valence-electron chi connectivity index (χ0n) is 29.8. The molecule has 1 heteroatoms. The molecule has 0 amide bonds. The first-order valence-corrected chi connectivity index (χ1v) is 18.5. The number of aromatic nitrogens is 1. The fourth-order valence-electron chi connectivity index (χ4n) is 8.39. The van der Waals surface area contributed by atoms with E-state index in [9.17, 15) is 0 Å². The van der Waals surface area contributed by atoms with Crippen LogP contribution in [0.5, 0.6) is 0 Å². The summed E-state index contributed by atoms with van der Waals surface area (Å²) in [6.45, 7) is 4.31. The van der Waals surface area contributed by atoms with Gasteiger partial charge < -0.3 is 4.57 Å². The predicted molar refractivity (Wildman–Crippen MR) is 229 cm³/mol. The highest BCUT2D eigenvalue weighted by Crippen LogP contribution is 2.45. The highest BCUT2D eigenvalue weighted by molar-refractivity contribution is 6.22. The minimum atomic E-state index is 1.15. The molecule has 1 heterocycles. The Balaban J connectivity index is 1.15. The van der Waals surface area contributed by atoms with E-state index in [1.54, 1.807) is 0 Å². The molecule has 0 saturated heterocycles. The molecule has 0 radical (unpaired) electrons. The third-order valence-corrected chi connectivity index (χ3v) is 11.1. The lowest BCUT2D eigenvalue weighted by Crippen LogP contribution is -1.95. The van der Waals surface area contributed by atoms with Crippen LogP contribution in [0.3, 0.4) is 0 Å². The first-order chi connectivity index (χ1) is 26.2. The minimum absolute atomic E-state index is 1.15. The van der Waals surface area contributed by atoms with E-state index in [0.29, 0.717) is 0 Å². The SMILES string of the molecule is C/C=C(\C)c1ccc2c(-c3ccc(-n4c5ccccc5c5cc(-c6ccc7ccccc7c6)ccc54)cc3)c3ccccc3c(-c3ccccc3)c2c1. The molecule has 0 fully saturated rings. The number of fused-ring (bicyclic) bond motifs is 6. The van der Waals surface area contributed by atoms with Crippen LogP contribution in [0.15, 0.2) is 188 Å². The molecule has 0 bridgehead atoms. The van der Waals surface area contributed by atoms with Crippen molar-refractivity contribution >= 4 is 59.7 Å². The van der Waals surface area contributed by atoms with Gasteiger partial charge in [0.15, 0.2) is 0 Å². The van der Waals surface area contributed by atoms with E-state index in [4.69, 9.17) is 0 Å². The second kappa shape index (κ2) is 12.5. The van der Waals surface area contributed by atoms with Crippen molar-refractivity contribution in [3.63, 3.8) is 0 Å². The Morgan fingerprint density at radius 2 is 0.962 bits per heavy atom. The molecule has 0 spiro atoms. The van der Waals surface area contributed by atoms with Gasteiger partial charge in [0.25, 0.3) is 0 Å². The molecule has 0 aliphatic rings. The minimum Gasteiger partial charge on any atom is -0.309 e. The van der Waals surface area contributed by atoms with Crippen molar-refractivity contribution in [1.82, 2.24) is 4.57 Å². The van der Waals surface area contributed by atoms with Crippen molar-refractivity contribution < 1.29 is 0 Å². The van der Waals surface area contributed by atoms with Crippen molar-refractivity contribution in [2.24, 2.45) is 0 Å². The maximum atomic E-state index is 2.42. The Bertz CT molecular complexity index is 3050. The van der Waals surface area contributed by atoms with E-state index < -0.39 is 0 Å². The average molecular weight is 676 g/mol. The van der Waals surface area contributed by atoms with Crippen LogP contribution in [-0.2, 0) is 0 Å². The van der Waals surface area contributed by atoms with Crippen LogP contribution in [0, 0.1) is 0 Å². The van der Waals surface area contributed by atoms with E-state index in [2.05, 4.69) is 206 Å². The third-order valence-electron chi connectivity index (χ3n) is 11.1. The van der Waals surface area contributed by atoms with E-state index in [1.165, 1.54) is 98.6 Å². The lowest BCUT2D eigenvalue weighted by atomic mass is 9.85. The molecule has 1 nitrogen and oxygen atoms in total. The maximum absolute atomic E-state index is 2.42. The zero-order valence-corrected chi connectivity index (χ0v) is 29.8. The van der Waals surface area contributed by atoms with Gasteiger partial charge in [-0.1, -0.05) is 146 Å². The number of hydrogen-bond donors (Lipinski definition) is 0. The lowest BCUT2D eigenvalue weighted by molar-refractivity contribution is 1.18. The number of nitrogens with zero attached hydrogens (tertiary/aromatic N) is 1. The number of benzene rings is 9. The summed E-state index contributed by atoms with van der Waals surface area (Å²) in [6.07, 6.45) is 2.20. The van der Waals surface area contributed by atoms with Crippen LogP contribution in [0.2, 0.25) is 0 Å². The van der Waals surface area contributed by atoms with E-state index in [-0.39, 0.29) is 0 Å². The van der Waals surface area contributed by atoms with Crippen LogP contribution in [0.1, 0.15) is 19.4 Å². The van der Waals surface area contributed by atoms with E-state index >= 15 is 0 Å². The van der Waals surface area contributed by atoms with Crippen molar-refractivity contribution in [2.75, 3.05) is 0 Å². The first-order valence-electron chi connectivity index (χ1n) is 18.5. The molecule has 53 heavy (non-hydrogen) atoms. The number of allylic oxidation sites excluding steroid dienone is 2. The van der Waals surface area contributed by atoms with E-state index in [0.717, 1.165) is 5.69 Å². The Hall–Kier alpha value is -6.70. The van der Waals surface area contributed by atoms with Gasteiger partial charge in [0, 0.05) is 16.5 Å². The number of hydrogen-bond acceptors (Lipinski definition) is 0. The van der Waals surface area contributed by atoms with Crippen LogP contribution in [0.25, 0.3) is 98.8 Å². The van der Waals surface area contributed by atoms with Gasteiger partial charge in [0.1, 0.15) is 0 Å². The summed E-state index contributed by atoms with van der Waals surface area (Å²) in [5.74, 6) is 0. The maximum Gasteiger partial charge on any atom is 0.0541 e. The highest BCUT2D eigenvalue weighted by atomic mass is 15.0. The molecule has 0 saturated carbocycles.